The Kier molecular flexibility index (Phi) is 2.32. The van der Waals surface area contributed by atoms with Crippen LogP contribution in [0.1, 0.15) is 26.7 Å². The van der Waals surface area contributed by atoms with Crippen molar-refractivity contribution in [1.82, 2.24) is 0 Å². The highest BCUT2D eigenvalue weighted by Crippen LogP contribution is 2.29. The highest BCUT2D eigenvalue weighted by Gasteiger charge is 2.30. The lowest BCUT2D eigenvalue weighted by Crippen LogP contribution is -2.35. The van der Waals surface area contributed by atoms with E-state index in [0.29, 0.717) is 0 Å². The molecule has 2 atom stereocenters. The van der Waals surface area contributed by atoms with Gasteiger partial charge in [0.05, 0.1) is 0 Å². The molecule has 2 heteroatoms. The average Bonchev–Trinajstić information content (AvgIpc) is 2.13. The molecule has 0 aromatic rings. The number of hydrogen-bond acceptors (Lipinski definition) is 2. The van der Waals surface area contributed by atoms with E-state index in [1.165, 1.54) is 0 Å². The van der Waals surface area contributed by atoms with Crippen molar-refractivity contribution >= 4 is 0 Å². The second kappa shape index (κ2) is 2.89. The summed E-state index contributed by atoms with van der Waals surface area (Å²) in [4.78, 5) is 0. The van der Waals surface area contributed by atoms with Crippen molar-refractivity contribution in [2.45, 2.75) is 38.8 Å². The van der Waals surface area contributed by atoms with Crippen LogP contribution in [0.15, 0.2) is 0 Å². The smallest absolute Gasteiger partial charge is 0.0195 e. The molecule has 1 aliphatic rings. The van der Waals surface area contributed by atoms with Gasteiger partial charge in [0.25, 0.3) is 0 Å². The van der Waals surface area contributed by atoms with Crippen LogP contribution >= 0.6 is 0 Å². The summed E-state index contributed by atoms with van der Waals surface area (Å²) in [5.74, 6) is 1.52. The fourth-order valence-corrected chi connectivity index (χ4v) is 1.69. The van der Waals surface area contributed by atoms with Gasteiger partial charge in [0, 0.05) is 12.1 Å². The standard InChI is InChI=1S/C8H18N2/c1-5(2)6-3-7(9)8(10)4-6/h5-8H,3-4,9-10H2,1-2H3. The molecule has 4 N–H and O–H groups in total. The molecular formula is C8H18N2. The third-order valence-corrected chi connectivity index (χ3v) is 2.64. The molecule has 10 heavy (non-hydrogen) atoms. The van der Waals surface area contributed by atoms with Gasteiger partial charge in [0.2, 0.25) is 0 Å². The maximum atomic E-state index is 5.78. The minimum atomic E-state index is 0.257. The van der Waals surface area contributed by atoms with Crippen molar-refractivity contribution in [1.29, 1.82) is 0 Å². The molecular weight excluding hydrogens is 124 g/mol. The molecule has 0 aromatic heterocycles. The van der Waals surface area contributed by atoms with Crippen LogP contribution in [0.25, 0.3) is 0 Å². The molecule has 1 rings (SSSR count). The summed E-state index contributed by atoms with van der Waals surface area (Å²) in [5, 5.41) is 0. The Morgan fingerprint density at radius 1 is 1.10 bits per heavy atom. The molecule has 0 saturated heterocycles. The Bertz CT molecular complexity index is 102. The second-order valence-corrected chi connectivity index (χ2v) is 3.80. The van der Waals surface area contributed by atoms with Crippen molar-refractivity contribution in [3.8, 4) is 0 Å². The molecule has 0 spiro atoms. The van der Waals surface area contributed by atoms with Crippen molar-refractivity contribution in [3.63, 3.8) is 0 Å². The molecule has 2 unspecified atom stereocenters. The molecule has 0 aliphatic heterocycles. The number of hydrogen-bond donors (Lipinski definition) is 2. The molecule has 0 aromatic carbocycles. The van der Waals surface area contributed by atoms with Gasteiger partial charge in [-0.15, -0.1) is 0 Å². The summed E-state index contributed by atoms with van der Waals surface area (Å²) in [7, 11) is 0. The topological polar surface area (TPSA) is 52.0 Å². The minimum Gasteiger partial charge on any atom is -0.326 e. The highest BCUT2D eigenvalue weighted by molar-refractivity contribution is 4.89. The average molecular weight is 142 g/mol. The van der Waals surface area contributed by atoms with Crippen LogP contribution < -0.4 is 11.5 Å². The van der Waals surface area contributed by atoms with Gasteiger partial charge in [-0.2, -0.15) is 0 Å². The Morgan fingerprint density at radius 2 is 1.50 bits per heavy atom. The van der Waals surface area contributed by atoms with Gasteiger partial charge < -0.3 is 11.5 Å². The van der Waals surface area contributed by atoms with Gasteiger partial charge in [-0.05, 0) is 24.7 Å². The third-order valence-electron chi connectivity index (χ3n) is 2.64. The van der Waals surface area contributed by atoms with E-state index in [4.69, 9.17) is 11.5 Å². The molecule has 1 saturated carbocycles. The van der Waals surface area contributed by atoms with E-state index < -0.39 is 0 Å². The predicted octanol–water partition coefficient (Wildman–Crippen LogP) is 0.707. The summed E-state index contributed by atoms with van der Waals surface area (Å²) in [5.41, 5.74) is 11.6. The normalized spacial score (nSPS) is 41.1. The first kappa shape index (κ1) is 8.02. The first-order valence-corrected chi connectivity index (χ1v) is 4.12. The molecule has 0 amide bonds. The molecule has 60 valence electrons. The van der Waals surface area contributed by atoms with E-state index in [-0.39, 0.29) is 12.1 Å². The highest BCUT2D eigenvalue weighted by atomic mass is 14.8. The summed E-state index contributed by atoms with van der Waals surface area (Å²) in [6.45, 7) is 4.49. The fraction of sp³-hybridized carbons (Fsp3) is 1.00. The van der Waals surface area contributed by atoms with Crippen LogP contribution in [0.5, 0.6) is 0 Å². The van der Waals surface area contributed by atoms with Crippen molar-refractivity contribution in [2.75, 3.05) is 0 Å². The van der Waals surface area contributed by atoms with Gasteiger partial charge in [0.1, 0.15) is 0 Å². The predicted molar refractivity (Wildman–Crippen MR) is 43.5 cm³/mol. The van der Waals surface area contributed by atoms with Crippen LogP contribution in [0, 0.1) is 11.8 Å². The maximum absolute atomic E-state index is 5.78. The Morgan fingerprint density at radius 3 is 1.70 bits per heavy atom. The summed E-state index contributed by atoms with van der Waals surface area (Å²) >= 11 is 0. The molecule has 2 nitrogen and oxygen atoms in total. The third kappa shape index (κ3) is 1.50. The minimum absolute atomic E-state index is 0.257. The molecule has 0 bridgehead atoms. The monoisotopic (exact) mass is 142 g/mol. The van der Waals surface area contributed by atoms with Crippen molar-refractivity contribution in [3.05, 3.63) is 0 Å². The lowest BCUT2D eigenvalue weighted by atomic mass is 9.94. The second-order valence-electron chi connectivity index (χ2n) is 3.80. The molecule has 1 aliphatic carbocycles. The van der Waals surface area contributed by atoms with Crippen molar-refractivity contribution in [2.24, 2.45) is 23.3 Å². The number of rotatable bonds is 1. The van der Waals surface area contributed by atoms with E-state index in [9.17, 15) is 0 Å². The largest absolute Gasteiger partial charge is 0.326 e. The molecule has 0 heterocycles. The van der Waals surface area contributed by atoms with Gasteiger partial charge in [-0.25, -0.2) is 0 Å². The van der Waals surface area contributed by atoms with Crippen molar-refractivity contribution < 1.29 is 0 Å². The lowest BCUT2D eigenvalue weighted by molar-refractivity contribution is 0.389. The van der Waals surface area contributed by atoms with E-state index in [2.05, 4.69) is 13.8 Å². The van der Waals surface area contributed by atoms with Gasteiger partial charge in [0.15, 0.2) is 0 Å². The first-order valence-electron chi connectivity index (χ1n) is 4.12. The Labute approximate surface area is 63.0 Å². The number of nitrogens with two attached hydrogens (primary N) is 2. The Balaban J connectivity index is 2.41. The van der Waals surface area contributed by atoms with Crippen LogP contribution in [-0.2, 0) is 0 Å². The quantitative estimate of drug-likeness (QED) is 0.566. The van der Waals surface area contributed by atoms with Gasteiger partial charge in [-0.1, -0.05) is 13.8 Å². The van der Waals surface area contributed by atoms with Crippen LogP contribution in [0.2, 0.25) is 0 Å². The van der Waals surface area contributed by atoms with E-state index in [1.807, 2.05) is 0 Å². The SMILES string of the molecule is CC(C)C1CC(N)C(N)C1. The molecule has 0 radical (unpaired) electrons. The van der Waals surface area contributed by atoms with Crippen LogP contribution in [0.3, 0.4) is 0 Å². The van der Waals surface area contributed by atoms with E-state index in [0.717, 1.165) is 24.7 Å². The van der Waals surface area contributed by atoms with Gasteiger partial charge >= 0.3 is 0 Å². The van der Waals surface area contributed by atoms with E-state index in [1.54, 1.807) is 0 Å². The van der Waals surface area contributed by atoms with Gasteiger partial charge in [-0.3, -0.25) is 0 Å². The fourth-order valence-electron chi connectivity index (χ4n) is 1.69. The van der Waals surface area contributed by atoms with Crippen LogP contribution in [0.4, 0.5) is 0 Å². The Hall–Kier alpha value is -0.0800. The zero-order valence-electron chi connectivity index (χ0n) is 6.88. The maximum Gasteiger partial charge on any atom is 0.0195 e. The van der Waals surface area contributed by atoms with E-state index >= 15 is 0 Å². The summed E-state index contributed by atoms with van der Waals surface area (Å²) in [6.07, 6.45) is 2.25. The zero-order chi connectivity index (χ0) is 7.72. The first-order chi connectivity index (χ1) is 4.61. The summed E-state index contributed by atoms with van der Waals surface area (Å²) in [6, 6.07) is 0.514. The molecule has 1 fully saturated rings. The lowest BCUT2D eigenvalue weighted by Gasteiger charge is -2.12. The zero-order valence-corrected chi connectivity index (χ0v) is 6.88. The van der Waals surface area contributed by atoms with Crippen LogP contribution in [-0.4, -0.2) is 12.1 Å². The summed E-state index contributed by atoms with van der Waals surface area (Å²) < 4.78 is 0.